The van der Waals surface area contributed by atoms with E-state index in [-0.39, 0.29) is 50.1 Å². The number of hydrogen-bond acceptors (Lipinski definition) is 9. The highest BCUT2D eigenvalue weighted by atomic mass is 32.2. The first-order valence-corrected chi connectivity index (χ1v) is 17.9. The van der Waals surface area contributed by atoms with Crippen LogP contribution in [0.5, 0.6) is 11.5 Å². The molecule has 6 rings (SSSR count). The van der Waals surface area contributed by atoms with Gasteiger partial charge in [-0.2, -0.15) is 31.1 Å². The van der Waals surface area contributed by atoms with Crippen LogP contribution in [0.2, 0.25) is 0 Å². The number of nitrogens with one attached hydrogen (secondary N) is 2. The predicted molar refractivity (Wildman–Crippen MR) is 175 cm³/mol. The van der Waals surface area contributed by atoms with E-state index in [9.17, 15) is 44.2 Å². The van der Waals surface area contributed by atoms with E-state index in [1.165, 1.54) is 26.1 Å². The summed E-state index contributed by atoms with van der Waals surface area (Å²) < 4.78 is 122. The van der Waals surface area contributed by atoms with E-state index in [1.54, 1.807) is 48.5 Å². The van der Waals surface area contributed by atoms with Gasteiger partial charge in [-0.05, 0) is 44.2 Å². The van der Waals surface area contributed by atoms with Crippen molar-refractivity contribution in [3.8, 4) is 11.5 Å². The summed E-state index contributed by atoms with van der Waals surface area (Å²) >= 11 is 0. The van der Waals surface area contributed by atoms with E-state index in [0.29, 0.717) is 26.8 Å². The molecule has 6 aromatic rings. The van der Waals surface area contributed by atoms with E-state index in [4.69, 9.17) is 9.47 Å². The third-order valence-electron chi connectivity index (χ3n) is 7.31. The SMILES string of the molecule is Cc1c(OCC(F)(F)F)cc[n+]([O-])c1CS(=O)c1nc2ccccc2[nH]1.Cc1c(OCC(F)(F)F)ccnc1CS(=O)(=O)c1nc2ccccc2[nH]1. The van der Waals surface area contributed by atoms with Gasteiger partial charge in [-0.1, -0.05) is 24.3 Å². The number of halogens is 6. The van der Waals surface area contributed by atoms with Crippen LogP contribution >= 0.6 is 0 Å². The Kier molecular flexibility index (Phi) is 11.1. The second-order valence-electron chi connectivity index (χ2n) is 11.1. The molecule has 52 heavy (non-hydrogen) atoms. The van der Waals surface area contributed by atoms with Gasteiger partial charge in [0.15, 0.2) is 24.6 Å². The molecule has 0 aliphatic heterocycles. The summed E-state index contributed by atoms with van der Waals surface area (Å²) in [7, 11) is -5.55. The summed E-state index contributed by atoms with van der Waals surface area (Å²) in [6.07, 6.45) is -6.74. The van der Waals surface area contributed by atoms with Gasteiger partial charge in [-0.15, -0.1) is 0 Å². The fourth-order valence-corrected chi connectivity index (χ4v) is 7.16. The molecule has 0 fully saturated rings. The van der Waals surface area contributed by atoms with Crippen LogP contribution in [0.15, 0.2) is 83.4 Å². The van der Waals surface area contributed by atoms with E-state index in [1.807, 2.05) is 0 Å². The summed E-state index contributed by atoms with van der Waals surface area (Å²) in [5.41, 5.74) is 2.99. The minimum atomic E-state index is -4.49. The third kappa shape index (κ3) is 9.55. The van der Waals surface area contributed by atoms with Crippen LogP contribution in [0.3, 0.4) is 0 Å². The van der Waals surface area contributed by atoms with Crippen LogP contribution in [0.1, 0.15) is 22.5 Å². The summed E-state index contributed by atoms with van der Waals surface area (Å²) in [5.74, 6) is -0.863. The number of alkyl halides is 6. The summed E-state index contributed by atoms with van der Waals surface area (Å²) in [4.78, 5) is 17.9. The quantitative estimate of drug-likeness (QED) is 0.0975. The monoisotopic (exact) mass is 770 g/mol. The van der Waals surface area contributed by atoms with E-state index >= 15 is 0 Å². The lowest BCUT2D eigenvalue weighted by molar-refractivity contribution is -0.613. The Bertz CT molecular complexity index is 2280. The maximum atomic E-state index is 12.6. The Hall–Kier alpha value is -5.24. The van der Waals surface area contributed by atoms with Crippen molar-refractivity contribution in [2.24, 2.45) is 0 Å². The molecule has 0 amide bonds. The highest BCUT2D eigenvalue weighted by Crippen LogP contribution is 2.27. The van der Waals surface area contributed by atoms with E-state index in [0.717, 1.165) is 12.3 Å². The highest BCUT2D eigenvalue weighted by molar-refractivity contribution is 7.90. The maximum Gasteiger partial charge on any atom is 0.422 e. The van der Waals surface area contributed by atoms with Crippen molar-refractivity contribution < 1.29 is 53.2 Å². The molecule has 0 aliphatic rings. The molecule has 4 heterocycles. The van der Waals surface area contributed by atoms with Crippen molar-refractivity contribution in [3.05, 3.63) is 101 Å². The molecular weight excluding hydrogens is 743 g/mol. The zero-order valence-electron chi connectivity index (χ0n) is 27.1. The number of ether oxygens (including phenoxy) is 2. The second-order valence-corrected chi connectivity index (χ2v) is 14.4. The molecule has 0 saturated carbocycles. The number of fused-ring (bicyclic) bond motifs is 2. The van der Waals surface area contributed by atoms with Crippen molar-refractivity contribution >= 4 is 42.7 Å². The van der Waals surface area contributed by atoms with Crippen molar-refractivity contribution in [3.63, 3.8) is 0 Å². The van der Waals surface area contributed by atoms with Gasteiger partial charge in [0.05, 0.1) is 44.1 Å². The minimum absolute atomic E-state index is 0.0588. The molecule has 0 radical (unpaired) electrons. The van der Waals surface area contributed by atoms with Gasteiger partial charge < -0.3 is 24.6 Å². The van der Waals surface area contributed by atoms with Crippen LogP contribution < -0.4 is 14.2 Å². The number of benzene rings is 2. The zero-order chi connectivity index (χ0) is 37.8. The number of aromatic amines is 2. The number of imidazole rings is 2. The molecule has 12 nitrogen and oxygen atoms in total. The van der Waals surface area contributed by atoms with Gasteiger partial charge in [-0.25, -0.2) is 18.4 Å². The van der Waals surface area contributed by atoms with E-state index < -0.39 is 52.0 Å². The molecule has 4 aromatic heterocycles. The van der Waals surface area contributed by atoms with Crippen LogP contribution in [-0.2, 0) is 32.1 Å². The lowest BCUT2D eigenvalue weighted by Gasteiger charge is -2.13. The van der Waals surface area contributed by atoms with Crippen LogP contribution in [0.25, 0.3) is 22.1 Å². The van der Waals surface area contributed by atoms with Crippen LogP contribution in [-0.4, -0.2) is 63.1 Å². The summed E-state index contributed by atoms with van der Waals surface area (Å²) in [5, 5.41) is 12.0. The van der Waals surface area contributed by atoms with Gasteiger partial charge in [0.1, 0.15) is 23.0 Å². The first-order chi connectivity index (χ1) is 24.4. The molecule has 1 atom stereocenters. The Balaban J connectivity index is 0.000000201. The molecule has 0 saturated heterocycles. The fourth-order valence-electron chi connectivity index (χ4n) is 4.72. The topological polar surface area (TPSA) is 167 Å². The summed E-state index contributed by atoms with van der Waals surface area (Å²) in [6, 6.07) is 16.3. The third-order valence-corrected chi connectivity index (χ3v) is 9.91. The molecule has 20 heteroatoms. The number of hydrogen-bond donors (Lipinski definition) is 2. The zero-order valence-corrected chi connectivity index (χ0v) is 28.7. The lowest BCUT2D eigenvalue weighted by atomic mass is 10.2. The molecule has 0 spiro atoms. The molecule has 0 aliphatic carbocycles. The van der Waals surface area contributed by atoms with Gasteiger partial charge in [0, 0.05) is 17.8 Å². The Morgan fingerprint density at radius 1 is 0.808 bits per heavy atom. The minimum Gasteiger partial charge on any atom is -0.618 e. The number of nitrogens with zero attached hydrogens (tertiary/aromatic N) is 4. The average molecular weight is 771 g/mol. The number of pyridine rings is 2. The normalized spacial score (nSPS) is 12.8. The molecule has 276 valence electrons. The standard InChI is InChI=1S/2C16H14F3N3O3S/c1-10-13(22(23)7-6-14(10)25-9-16(17,18)19)8-26(24)15-20-11-4-2-3-5-12(11)21-15;1-10-13(20-7-6-14(10)25-9-16(17,18)19)8-26(23,24)15-21-11-4-2-3-5-12(11)22-15/h2-7H,8-9H2,1H3,(H,20,21);2-7H,8-9H2,1H3,(H,21,22). The van der Waals surface area contributed by atoms with Gasteiger partial charge >= 0.3 is 12.4 Å². The predicted octanol–water partition coefficient (Wildman–Crippen LogP) is 5.93. The van der Waals surface area contributed by atoms with Crippen molar-refractivity contribution in [2.45, 2.75) is 48.0 Å². The highest BCUT2D eigenvalue weighted by Gasteiger charge is 2.31. The molecule has 1 unspecified atom stereocenters. The van der Waals surface area contributed by atoms with Gasteiger partial charge in [-0.3, -0.25) is 9.19 Å². The molecule has 2 aromatic carbocycles. The van der Waals surface area contributed by atoms with Crippen molar-refractivity contribution in [1.82, 2.24) is 24.9 Å². The number of para-hydroxylation sites is 4. The van der Waals surface area contributed by atoms with Crippen LogP contribution in [0.4, 0.5) is 26.3 Å². The molecule has 0 bridgehead atoms. The van der Waals surface area contributed by atoms with Crippen molar-refractivity contribution in [1.29, 1.82) is 0 Å². The average Bonchev–Trinajstić information content (AvgIpc) is 3.72. The van der Waals surface area contributed by atoms with Gasteiger partial charge in [0.25, 0.3) is 0 Å². The largest absolute Gasteiger partial charge is 0.618 e. The Labute approximate surface area is 293 Å². The fraction of sp³-hybridized carbons (Fsp3) is 0.250. The number of sulfone groups is 1. The number of H-pyrrole nitrogens is 2. The second kappa shape index (κ2) is 15.2. The van der Waals surface area contributed by atoms with Crippen molar-refractivity contribution in [2.75, 3.05) is 13.2 Å². The number of aromatic nitrogens is 6. The Morgan fingerprint density at radius 2 is 1.37 bits per heavy atom. The summed E-state index contributed by atoms with van der Waals surface area (Å²) in [6.45, 7) is -0.0239. The molecular formula is C32H28F6N6O6S2. The first-order valence-electron chi connectivity index (χ1n) is 15.0. The lowest BCUT2D eigenvalue weighted by Crippen LogP contribution is -2.33. The first kappa shape index (κ1) is 38.0. The number of rotatable bonds is 10. The van der Waals surface area contributed by atoms with Gasteiger partial charge in [0.2, 0.25) is 20.7 Å². The molecule has 2 N–H and O–H groups in total. The smallest absolute Gasteiger partial charge is 0.422 e. The Morgan fingerprint density at radius 3 is 1.94 bits per heavy atom. The van der Waals surface area contributed by atoms with Crippen LogP contribution in [0, 0.1) is 19.1 Å². The maximum absolute atomic E-state index is 12.6. The van der Waals surface area contributed by atoms with E-state index in [2.05, 4.69) is 24.9 Å².